The molecule has 0 saturated carbocycles. The van der Waals surface area contributed by atoms with Crippen LogP contribution in [0.3, 0.4) is 0 Å². The number of H-pyrrole nitrogens is 1. The lowest BCUT2D eigenvalue weighted by Gasteiger charge is -2.30. The summed E-state index contributed by atoms with van der Waals surface area (Å²) in [5.74, 6) is 0.508. The largest absolute Gasteiger partial charge is 0.453 e. The van der Waals surface area contributed by atoms with Crippen LogP contribution in [0.2, 0.25) is 0 Å². The Bertz CT molecular complexity index is 913. The van der Waals surface area contributed by atoms with E-state index in [0.29, 0.717) is 12.1 Å². The van der Waals surface area contributed by atoms with E-state index in [-0.39, 0.29) is 17.9 Å². The normalized spacial score (nSPS) is 17.1. The molecular formula is C21H25N5O3. The van der Waals surface area contributed by atoms with Crippen molar-refractivity contribution in [1.82, 2.24) is 20.2 Å². The first-order valence-electron chi connectivity index (χ1n) is 9.65. The molecule has 2 atom stereocenters. The molecule has 2 aromatic rings. The molecule has 1 aromatic carbocycles. The Morgan fingerprint density at radius 3 is 2.69 bits per heavy atom. The van der Waals surface area contributed by atoms with Gasteiger partial charge in [0.2, 0.25) is 5.91 Å². The number of carbonyl (C=O) groups excluding carboxylic acids is 2. The van der Waals surface area contributed by atoms with E-state index in [4.69, 9.17) is 5.26 Å². The molecule has 0 spiro atoms. The molecule has 8 heteroatoms. The summed E-state index contributed by atoms with van der Waals surface area (Å²) >= 11 is 0. The van der Waals surface area contributed by atoms with Gasteiger partial charge in [0.1, 0.15) is 11.9 Å². The number of carbonyl (C=O) groups is 2. The van der Waals surface area contributed by atoms with Crippen LogP contribution in [0.4, 0.5) is 4.79 Å². The second-order valence-corrected chi connectivity index (χ2v) is 7.42. The third-order valence-corrected chi connectivity index (χ3v) is 5.16. The summed E-state index contributed by atoms with van der Waals surface area (Å²) in [6.07, 6.45) is 2.79. The van der Waals surface area contributed by atoms with Crippen LogP contribution in [0, 0.1) is 17.2 Å². The lowest BCUT2D eigenvalue weighted by molar-refractivity contribution is -0.135. The van der Waals surface area contributed by atoms with Gasteiger partial charge in [-0.1, -0.05) is 26.0 Å². The Morgan fingerprint density at radius 1 is 1.34 bits per heavy atom. The topological polar surface area (TPSA) is 111 Å². The van der Waals surface area contributed by atoms with Crippen molar-refractivity contribution < 1.29 is 14.3 Å². The monoisotopic (exact) mass is 395 g/mol. The van der Waals surface area contributed by atoms with Crippen molar-refractivity contribution in [2.24, 2.45) is 5.92 Å². The van der Waals surface area contributed by atoms with Crippen LogP contribution in [-0.2, 0) is 9.53 Å². The zero-order chi connectivity index (χ0) is 21.0. The number of nitrogens with zero attached hydrogens (tertiary/aromatic N) is 3. The molecule has 1 fully saturated rings. The number of hydrogen-bond acceptors (Lipinski definition) is 5. The van der Waals surface area contributed by atoms with E-state index >= 15 is 0 Å². The van der Waals surface area contributed by atoms with E-state index in [0.717, 1.165) is 29.9 Å². The van der Waals surface area contributed by atoms with Gasteiger partial charge in [-0.05, 0) is 36.5 Å². The number of likely N-dealkylation sites (tertiary alicyclic amines) is 1. The van der Waals surface area contributed by atoms with Gasteiger partial charge in [-0.25, -0.2) is 9.78 Å². The molecule has 3 rings (SSSR count). The highest BCUT2D eigenvalue weighted by atomic mass is 16.5. The smallest absolute Gasteiger partial charge is 0.407 e. The van der Waals surface area contributed by atoms with Gasteiger partial charge in [0.25, 0.3) is 0 Å². The van der Waals surface area contributed by atoms with E-state index in [2.05, 4.69) is 26.1 Å². The van der Waals surface area contributed by atoms with E-state index in [1.54, 1.807) is 23.2 Å². The quantitative estimate of drug-likeness (QED) is 0.808. The number of aromatic amines is 1. The first-order chi connectivity index (χ1) is 13.9. The van der Waals surface area contributed by atoms with E-state index in [1.807, 2.05) is 26.0 Å². The van der Waals surface area contributed by atoms with Crippen LogP contribution < -0.4 is 5.32 Å². The second-order valence-electron chi connectivity index (χ2n) is 7.42. The summed E-state index contributed by atoms with van der Waals surface area (Å²) < 4.78 is 4.66. The molecular weight excluding hydrogens is 370 g/mol. The number of rotatable bonds is 5. The number of aromatic nitrogens is 2. The zero-order valence-electron chi connectivity index (χ0n) is 16.8. The first kappa shape index (κ1) is 20.4. The average molecular weight is 395 g/mol. The molecule has 8 nitrogen and oxygen atoms in total. The lowest BCUT2D eigenvalue weighted by Crippen LogP contribution is -2.51. The van der Waals surface area contributed by atoms with Crippen LogP contribution in [0.1, 0.15) is 44.1 Å². The average Bonchev–Trinajstić information content (AvgIpc) is 3.40. The van der Waals surface area contributed by atoms with Gasteiger partial charge in [0.05, 0.1) is 36.7 Å². The SMILES string of the molecule is COC(=O)N[C@H](C(=O)N1CCC[C@H]1c1ncc(-c2ccc(C#N)cc2)[nH]1)C(C)C. The van der Waals surface area contributed by atoms with Crippen molar-refractivity contribution in [3.63, 3.8) is 0 Å². The Hall–Kier alpha value is -3.34. The van der Waals surface area contributed by atoms with Crippen molar-refractivity contribution >= 4 is 12.0 Å². The molecule has 29 heavy (non-hydrogen) atoms. The van der Waals surface area contributed by atoms with Crippen LogP contribution in [0.15, 0.2) is 30.5 Å². The van der Waals surface area contributed by atoms with Crippen molar-refractivity contribution in [1.29, 1.82) is 5.26 Å². The number of nitriles is 1. The summed E-state index contributed by atoms with van der Waals surface area (Å²) in [7, 11) is 1.28. The van der Waals surface area contributed by atoms with E-state index in [9.17, 15) is 9.59 Å². The summed E-state index contributed by atoms with van der Waals surface area (Å²) in [5, 5.41) is 11.6. The third-order valence-electron chi connectivity index (χ3n) is 5.16. The number of methoxy groups -OCH3 is 1. The number of ether oxygens (including phenoxy) is 1. The van der Waals surface area contributed by atoms with E-state index < -0.39 is 12.1 Å². The molecule has 1 aliphatic rings. The molecule has 1 aromatic heterocycles. The second kappa shape index (κ2) is 8.78. The van der Waals surface area contributed by atoms with Gasteiger partial charge in [0, 0.05) is 6.54 Å². The summed E-state index contributed by atoms with van der Waals surface area (Å²) in [5.41, 5.74) is 2.35. The highest BCUT2D eigenvalue weighted by Crippen LogP contribution is 2.32. The number of alkyl carbamates (subject to hydrolysis) is 1. The predicted octanol–water partition coefficient (Wildman–Crippen LogP) is 2.99. The minimum Gasteiger partial charge on any atom is -0.453 e. The van der Waals surface area contributed by atoms with Crippen LogP contribution in [0.5, 0.6) is 0 Å². The molecule has 0 aliphatic carbocycles. The highest BCUT2D eigenvalue weighted by Gasteiger charge is 2.37. The van der Waals surface area contributed by atoms with Crippen molar-refractivity contribution in [3.8, 4) is 17.3 Å². The summed E-state index contributed by atoms with van der Waals surface area (Å²) in [4.78, 5) is 34.4. The number of imidazole rings is 1. The molecule has 1 saturated heterocycles. The van der Waals surface area contributed by atoms with Crippen LogP contribution in [0.25, 0.3) is 11.3 Å². The van der Waals surface area contributed by atoms with Gasteiger partial charge in [-0.2, -0.15) is 5.26 Å². The van der Waals surface area contributed by atoms with Gasteiger partial charge in [-0.15, -0.1) is 0 Å². The summed E-state index contributed by atoms with van der Waals surface area (Å²) in [6.45, 7) is 4.39. The molecule has 2 amide bonds. The molecule has 152 valence electrons. The fourth-order valence-corrected chi connectivity index (χ4v) is 3.57. The van der Waals surface area contributed by atoms with E-state index in [1.165, 1.54) is 7.11 Å². The number of hydrogen-bond donors (Lipinski definition) is 2. The Balaban J connectivity index is 1.79. The van der Waals surface area contributed by atoms with Gasteiger partial charge in [0.15, 0.2) is 0 Å². The van der Waals surface area contributed by atoms with Crippen LogP contribution in [-0.4, -0.2) is 46.6 Å². The highest BCUT2D eigenvalue weighted by molar-refractivity contribution is 5.86. The van der Waals surface area contributed by atoms with Gasteiger partial charge in [-0.3, -0.25) is 4.79 Å². The maximum absolute atomic E-state index is 13.2. The van der Waals surface area contributed by atoms with Crippen molar-refractivity contribution in [3.05, 3.63) is 41.9 Å². The number of benzene rings is 1. The maximum Gasteiger partial charge on any atom is 0.407 e. The van der Waals surface area contributed by atoms with Crippen LogP contribution >= 0.6 is 0 Å². The van der Waals surface area contributed by atoms with Gasteiger partial charge >= 0.3 is 6.09 Å². The third kappa shape index (κ3) is 4.40. The Labute approximate surface area is 169 Å². The fraction of sp³-hybridized carbons (Fsp3) is 0.429. The van der Waals surface area contributed by atoms with Gasteiger partial charge < -0.3 is 19.9 Å². The van der Waals surface area contributed by atoms with Crippen molar-refractivity contribution in [2.75, 3.05) is 13.7 Å². The minimum absolute atomic E-state index is 0.0753. The first-order valence-corrected chi connectivity index (χ1v) is 9.65. The summed E-state index contributed by atoms with van der Waals surface area (Å²) in [6, 6.07) is 8.52. The standard InChI is InChI=1S/C21H25N5O3/c1-13(2)18(25-21(28)29-3)20(27)26-10-4-5-17(26)19-23-12-16(24-19)15-8-6-14(11-22)7-9-15/h6-9,12-13,17-18H,4-5,10H2,1-3H3,(H,23,24)(H,25,28)/t17-,18-/m0/s1. The molecule has 2 N–H and O–H groups in total. The zero-order valence-corrected chi connectivity index (χ0v) is 16.8. The molecule has 1 aliphatic heterocycles. The molecule has 2 heterocycles. The minimum atomic E-state index is -0.656. The van der Waals surface area contributed by atoms with Crippen molar-refractivity contribution in [2.45, 2.75) is 38.8 Å². The molecule has 0 radical (unpaired) electrons. The number of amides is 2. The molecule has 0 bridgehead atoms. The number of nitrogens with one attached hydrogen (secondary N) is 2. The Morgan fingerprint density at radius 2 is 2.07 bits per heavy atom. The lowest BCUT2D eigenvalue weighted by atomic mass is 10.0. The maximum atomic E-state index is 13.2. The Kier molecular flexibility index (Phi) is 6.17. The molecule has 0 unspecified atom stereocenters. The predicted molar refractivity (Wildman–Crippen MR) is 107 cm³/mol. The fourth-order valence-electron chi connectivity index (χ4n) is 3.57.